The van der Waals surface area contributed by atoms with Gasteiger partial charge in [0, 0.05) is 21.3 Å². The molecule has 8 heteroatoms. The first-order valence-electron chi connectivity index (χ1n) is 9.05. The van der Waals surface area contributed by atoms with E-state index in [4.69, 9.17) is 11.6 Å². The SMILES string of the molecule is Cc1nc(NC(=O)c2sc3cc(F)ccc3c2Cl)c(C)c(C)c1-c1ccc(F)cn1. The fraction of sp³-hybridized carbons (Fsp3) is 0.136. The quantitative estimate of drug-likeness (QED) is 0.395. The summed E-state index contributed by atoms with van der Waals surface area (Å²) in [5.41, 5.74) is 3.69. The minimum absolute atomic E-state index is 0.283. The topological polar surface area (TPSA) is 54.9 Å². The number of pyridine rings is 2. The number of anilines is 1. The van der Waals surface area contributed by atoms with Crippen LogP contribution in [0, 0.1) is 32.4 Å². The van der Waals surface area contributed by atoms with Gasteiger partial charge in [-0.2, -0.15) is 0 Å². The van der Waals surface area contributed by atoms with E-state index in [0.717, 1.165) is 34.2 Å². The zero-order valence-corrected chi connectivity index (χ0v) is 17.9. The first kappa shape index (κ1) is 20.4. The first-order chi connectivity index (χ1) is 14.3. The fourth-order valence-corrected chi connectivity index (χ4v) is 4.75. The number of benzene rings is 1. The lowest BCUT2D eigenvalue weighted by Gasteiger charge is -2.16. The van der Waals surface area contributed by atoms with Crippen LogP contribution in [-0.4, -0.2) is 15.9 Å². The second kappa shape index (κ2) is 7.74. The van der Waals surface area contributed by atoms with E-state index in [1.807, 2.05) is 13.8 Å². The van der Waals surface area contributed by atoms with Crippen LogP contribution in [0.4, 0.5) is 14.6 Å². The first-order valence-corrected chi connectivity index (χ1v) is 10.2. The van der Waals surface area contributed by atoms with Crippen molar-refractivity contribution in [3.05, 3.63) is 74.9 Å². The van der Waals surface area contributed by atoms with Crippen LogP contribution in [-0.2, 0) is 0 Å². The molecule has 0 fully saturated rings. The Morgan fingerprint density at radius 1 is 1.07 bits per heavy atom. The number of nitrogens with one attached hydrogen (secondary N) is 1. The molecule has 0 aliphatic heterocycles. The van der Waals surface area contributed by atoms with Gasteiger partial charge in [0.05, 0.1) is 16.9 Å². The molecule has 0 saturated carbocycles. The predicted octanol–water partition coefficient (Wildman–Crippen LogP) is 6.47. The largest absolute Gasteiger partial charge is 0.306 e. The monoisotopic (exact) mass is 443 g/mol. The van der Waals surface area contributed by atoms with Crippen molar-refractivity contribution < 1.29 is 13.6 Å². The van der Waals surface area contributed by atoms with Crippen molar-refractivity contribution >= 4 is 44.7 Å². The Hall–Kier alpha value is -2.90. The van der Waals surface area contributed by atoms with E-state index >= 15 is 0 Å². The van der Waals surface area contributed by atoms with Crippen LogP contribution in [0.3, 0.4) is 0 Å². The van der Waals surface area contributed by atoms with Gasteiger partial charge in [0.15, 0.2) is 0 Å². The molecule has 4 rings (SSSR count). The molecule has 1 amide bonds. The number of hydrogen-bond acceptors (Lipinski definition) is 4. The van der Waals surface area contributed by atoms with E-state index in [2.05, 4.69) is 15.3 Å². The molecule has 1 aromatic carbocycles. The van der Waals surface area contributed by atoms with Crippen molar-refractivity contribution in [2.75, 3.05) is 5.32 Å². The summed E-state index contributed by atoms with van der Waals surface area (Å²) in [5, 5.41) is 3.72. The molecule has 0 unspecified atom stereocenters. The highest BCUT2D eigenvalue weighted by atomic mass is 35.5. The maximum Gasteiger partial charge on any atom is 0.268 e. The Balaban J connectivity index is 1.71. The van der Waals surface area contributed by atoms with Crippen LogP contribution in [0.1, 0.15) is 26.5 Å². The molecular formula is C22H16ClF2N3OS. The Kier molecular flexibility index (Phi) is 5.26. The molecule has 3 heterocycles. The van der Waals surface area contributed by atoms with Crippen LogP contribution in [0.15, 0.2) is 36.5 Å². The summed E-state index contributed by atoms with van der Waals surface area (Å²) in [4.78, 5) is 21.8. The standard InChI is InChI=1S/C22H16ClF2N3OS/c1-10-11(2)21(27-12(3)18(10)16-7-5-14(25)9-26-16)28-22(29)20-19(23)15-6-4-13(24)8-17(15)30-20/h4-9H,1-3H3,(H,27,28,29). The number of halogens is 3. The molecule has 30 heavy (non-hydrogen) atoms. The lowest BCUT2D eigenvalue weighted by atomic mass is 9.99. The van der Waals surface area contributed by atoms with E-state index < -0.39 is 11.7 Å². The van der Waals surface area contributed by atoms with Crippen molar-refractivity contribution in [2.45, 2.75) is 20.8 Å². The van der Waals surface area contributed by atoms with Gasteiger partial charge in [0.2, 0.25) is 0 Å². The van der Waals surface area contributed by atoms with E-state index in [9.17, 15) is 13.6 Å². The third-order valence-electron chi connectivity index (χ3n) is 4.95. The molecule has 0 aliphatic carbocycles. The number of rotatable bonds is 3. The number of carbonyl (C=O) groups excluding carboxylic acids is 1. The fourth-order valence-electron chi connectivity index (χ4n) is 3.32. The predicted molar refractivity (Wildman–Crippen MR) is 116 cm³/mol. The third kappa shape index (κ3) is 3.55. The highest BCUT2D eigenvalue weighted by Gasteiger charge is 2.21. The Labute approximate surface area is 180 Å². The number of fused-ring (bicyclic) bond motifs is 1. The molecule has 0 spiro atoms. The zero-order valence-electron chi connectivity index (χ0n) is 16.3. The van der Waals surface area contributed by atoms with Crippen LogP contribution >= 0.6 is 22.9 Å². The number of hydrogen-bond donors (Lipinski definition) is 1. The Bertz CT molecular complexity index is 1300. The van der Waals surface area contributed by atoms with Gasteiger partial charge in [-0.05, 0) is 62.2 Å². The molecule has 152 valence electrons. The average Bonchev–Trinajstić information content (AvgIpc) is 3.03. The lowest BCUT2D eigenvalue weighted by Crippen LogP contribution is -2.14. The highest BCUT2D eigenvalue weighted by molar-refractivity contribution is 7.21. The van der Waals surface area contributed by atoms with Crippen LogP contribution < -0.4 is 5.32 Å². The summed E-state index contributed by atoms with van der Waals surface area (Å²) in [5.74, 6) is -0.812. The van der Waals surface area contributed by atoms with Crippen molar-refractivity contribution in [3.63, 3.8) is 0 Å². The second-order valence-electron chi connectivity index (χ2n) is 6.87. The summed E-state index contributed by atoms with van der Waals surface area (Å²) in [6, 6.07) is 7.16. The summed E-state index contributed by atoms with van der Waals surface area (Å²) in [6.45, 7) is 5.54. The summed E-state index contributed by atoms with van der Waals surface area (Å²) in [7, 11) is 0. The summed E-state index contributed by atoms with van der Waals surface area (Å²) < 4.78 is 27.3. The van der Waals surface area contributed by atoms with Crippen LogP contribution in [0.5, 0.6) is 0 Å². The molecule has 4 nitrogen and oxygen atoms in total. The number of amides is 1. The molecule has 0 bridgehead atoms. The maximum atomic E-state index is 13.5. The number of nitrogens with zero attached hydrogens (tertiary/aromatic N) is 2. The minimum Gasteiger partial charge on any atom is -0.306 e. The molecule has 0 atom stereocenters. The van der Waals surface area contributed by atoms with Crippen molar-refractivity contribution in [1.82, 2.24) is 9.97 Å². The van der Waals surface area contributed by atoms with Gasteiger partial charge in [-0.15, -0.1) is 11.3 Å². The van der Waals surface area contributed by atoms with Crippen molar-refractivity contribution in [2.24, 2.45) is 0 Å². The maximum absolute atomic E-state index is 13.5. The Morgan fingerprint density at radius 3 is 2.50 bits per heavy atom. The van der Waals surface area contributed by atoms with Gasteiger partial charge in [0.1, 0.15) is 22.3 Å². The van der Waals surface area contributed by atoms with E-state index in [1.54, 1.807) is 19.1 Å². The molecule has 0 radical (unpaired) electrons. The van der Waals surface area contributed by atoms with Gasteiger partial charge in [-0.25, -0.2) is 13.8 Å². The van der Waals surface area contributed by atoms with E-state index in [-0.39, 0.29) is 15.7 Å². The van der Waals surface area contributed by atoms with Gasteiger partial charge < -0.3 is 5.32 Å². The number of thiophene rings is 1. The number of aryl methyl sites for hydroxylation is 1. The molecular weight excluding hydrogens is 428 g/mol. The van der Waals surface area contributed by atoms with E-state index in [1.165, 1.54) is 18.2 Å². The van der Waals surface area contributed by atoms with Crippen molar-refractivity contribution in [1.29, 1.82) is 0 Å². The highest BCUT2D eigenvalue weighted by Crippen LogP contribution is 2.37. The average molecular weight is 444 g/mol. The lowest BCUT2D eigenvalue weighted by molar-refractivity contribution is 0.103. The third-order valence-corrected chi connectivity index (χ3v) is 6.60. The van der Waals surface area contributed by atoms with Gasteiger partial charge in [-0.3, -0.25) is 9.78 Å². The second-order valence-corrected chi connectivity index (χ2v) is 8.30. The molecule has 1 N–H and O–H groups in total. The van der Waals surface area contributed by atoms with Gasteiger partial charge >= 0.3 is 0 Å². The molecule has 0 saturated heterocycles. The molecule has 4 aromatic rings. The van der Waals surface area contributed by atoms with Gasteiger partial charge in [0.25, 0.3) is 5.91 Å². The molecule has 3 aromatic heterocycles. The zero-order chi connectivity index (χ0) is 21.6. The van der Waals surface area contributed by atoms with Crippen LogP contribution in [0.2, 0.25) is 5.02 Å². The smallest absolute Gasteiger partial charge is 0.268 e. The normalized spacial score (nSPS) is 11.1. The molecule has 0 aliphatic rings. The number of carbonyl (C=O) groups is 1. The number of aromatic nitrogens is 2. The van der Waals surface area contributed by atoms with Crippen molar-refractivity contribution in [3.8, 4) is 11.3 Å². The summed E-state index contributed by atoms with van der Waals surface area (Å²) >= 11 is 7.48. The Morgan fingerprint density at radius 2 is 1.80 bits per heavy atom. The van der Waals surface area contributed by atoms with Crippen LogP contribution in [0.25, 0.3) is 21.3 Å². The van der Waals surface area contributed by atoms with Gasteiger partial charge in [-0.1, -0.05) is 11.6 Å². The van der Waals surface area contributed by atoms with E-state index in [0.29, 0.717) is 27.3 Å². The minimum atomic E-state index is -0.414. The summed E-state index contributed by atoms with van der Waals surface area (Å²) in [6.07, 6.45) is 1.16.